The van der Waals surface area contributed by atoms with E-state index < -0.39 is 15.8 Å². The molecule has 1 saturated carbocycles. The van der Waals surface area contributed by atoms with Crippen molar-refractivity contribution in [3.8, 4) is 5.75 Å². The van der Waals surface area contributed by atoms with Gasteiger partial charge in [-0.2, -0.15) is 0 Å². The molecule has 1 aromatic heterocycles. The molecule has 0 saturated heterocycles. The summed E-state index contributed by atoms with van der Waals surface area (Å²) in [4.78, 5) is 3.92. The number of nitrogens with one attached hydrogen (secondary N) is 1. The zero-order valence-corrected chi connectivity index (χ0v) is 15.4. The van der Waals surface area contributed by atoms with Crippen molar-refractivity contribution in [1.29, 1.82) is 0 Å². The molecule has 0 amide bonds. The standard InChI is InChI=1S/C14H15BrClN3O3S/c1-8-17-13(7-19(8)6-9-2-3-9)18-23(21,22)12-5-10(15)4-11(16)14(12)20/h4-5,7,9,18,20H,2-3,6H2,1H3. The molecule has 2 aromatic rings. The van der Waals surface area contributed by atoms with E-state index in [1.807, 2.05) is 11.5 Å². The normalized spacial score (nSPS) is 14.9. The Kier molecular flexibility index (Phi) is 4.33. The Hall–Kier alpha value is -1.25. The van der Waals surface area contributed by atoms with Gasteiger partial charge < -0.3 is 9.67 Å². The molecular weight excluding hydrogens is 406 g/mol. The van der Waals surface area contributed by atoms with Crippen LogP contribution < -0.4 is 4.72 Å². The molecule has 23 heavy (non-hydrogen) atoms. The van der Waals surface area contributed by atoms with Crippen molar-refractivity contribution < 1.29 is 13.5 Å². The highest BCUT2D eigenvalue weighted by Crippen LogP contribution is 2.35. The van der Waals surface area contributed by atoms with Crippen LogP contribution in [0.3, 0.4) is 0 Å². The minimum Gasteiger partial charge on any atom is -0.505 e. The van der Waals surface area contributed by atoms with Gasteiger partial charge in [0.2, 0.25) is 0 Å². The fraction of sp³-hybridized carbons (Fsp3) is 0.357. The zero-order chi connectivity index (χ0) is 16.8. The highest BCUT2D eigenvalue weighted by atomic mass is 79.9. The minimum atomic E-state index is -4.00. The van der Waals surface area contributed by atoms with Crippen molar-refractivity contribution >= 4 is 43.4 Å². The van der Waals surface area contributed by atoms with Gasteiger partial charge in [-0.1, -0.05) is 27.5 Å². The van der Waals surface area contributed by atoms with Crippen LogP contribution in [-0.2, 0) is 16.6 Å². The lowest BCUT2D eigenvalue weighted by atomic mass is 10.3. The molecule has 1 aliphatic carbocycles. The number of anilines is 1. The van der Waals surface area contributed by atoms with Crippen molar-refractivity contribution in [2.75, 3.05) is 4.72 Å². The predicted octanol–water partition coefficient (Wildman–Crippen LogP) is 3.52. The van der Waals surface area contributed by atoms with Crippen molar-refractivity contribution in [1.82, 2.24) is 9.55 Å². The van der Waals surface area contributed by atoms with E-state index in [-0.39, 0.29) is 15.7 Å². The number of imidazole rings is 1. The highest BCUT2D eigenvalue weighted by molar-refractivity contribution is 9.10. The predicted molar refractivity (Wildman–Crippen MR) is 91.3 cm³/mol. The summed E-state index contributed by atoms with van der Waals surface area (Å²) in [6.45, 7) is 2.67. The maximum Gasteiger partial charge on any atom is 0.266 e. The number of rotatable bonds is 5. The Bertz CT molecular complexity index is 862. The second kappa shape index (κ2) is 5.99. The molecule has 0 spiro atoms. The Labute approximate surface area is 147 Å². The maximum atomic E-state index is 12.5. The number of sulfonamides is 1. The highest BCUT2D eigenvalue weighted by Gasteiger charge is 2.25. The smallest absolute Gasteiger partial charge is 0.266 e. The van der Waals surface area contributed by atoms with E-state index in [9.17, 15) is 13.5 Å². The molecule has 0 aliphatic heterocycles. The molecule has 9 heteroatoms. The van der Waals surface area contributed by atoms with Gasteiger partial charge >= 0.3 is 0 Å². The first-order chi connectivity index (χ1) is 10.8. The number of benzene rings is 1. The van der Waals surface area contributed by atoms with Crippen LogP contribution >= 0.6 is 27.5 Å². The van der Waals surface area contributed by atoms with Crippen LogP contribution in [0.5, 0.6) is 5.75 Å². The van der Waals surface area contributed by atoms with Gasteiger partial charge in [-0.05, 0) is 37.8 Å². The quantitative estimate of drug-likeness (QED) is 0.775. The Morgan fingerprint density at radius 1 is 1.48 bits per heavy atom. The number of hydrogen-bond donors (Lipinski definition) is 2. The molecule has 1 aliphatic rings. The lowest BCUT2D eigenvalue weighted by molar-refractivity contribution is 0.459. The van der Waals surface area contributed by atoms with Crippen molar-refractivity contribution in [2.45, 2.75) is 31.2 Å². The number of halogens is 2. The van der Waals surface area contributed by atoms with E-state index in [1.54, 1.807) is 6.20 Å². The Balaban J connectivity index is 1.89. The first-order valence-corrected chi connectivity index (χ1v) is 9.66. The van der Waals surface area contributed by atoms with Gasteiger partial charge in [-0.3, -0.25) is 4.72 Å². The maximum absolute atomic E-state index is 12.5. The molecule has 3 rings (SSSR count). The third-order valence-electron chi connectivity index (χ3n) is 3.65. The Morgan fingerprint density at radius 3 is 2.83 bits per heavy atom. The molecule has 0 radical (unpaired) electrons. The lowest BCUT2D eigenvalue weighted by Gasteiger charge is -2.09. The summed E-state index contributed by atoms with van der Waals surface area (Å²) in [5.74, 6) is 1.13. The van der Waals surface area contributed by atoms with Gasteiger partial charge in [0.15, 0.2) is 11.6 Å². The number of aromatic nitrogens is 2. The number of phenolic OH excluding ortho intramolecular Hbond substituents is 1. The fourth-order valence-electron chi connectivity index (χ4n) is 2.26. The summed E-state index contributed by atoms with van der Waals surface area (Å²) >= 11 is 9.00. The Morgan fingerprint density at radius 2 is 2.17 bits per heavy atom. The zero-order valence-electron chi connectivity index (χ0n) is 12.3. The number of aryl methyl sites for hydroxylation is 1. The monoisotopic (exact) mass is 419 g/mol. The molecule has 1 heterocycles. The fourth-order valence-corrected chi connectivity index (χ4v) is 4.41. The third-order valence-corrected chi connectivity index (χ3v) is 5.76. The van der Waals surface area contributed by atoms with Gasteiger partial charge in [0.05, 0.1) is 5.02 Å². The molecule has 2 N–H and O–H groups in total. The summed E-state index contributed by atoms with van der Waals surface area (Å²) in [6.07, 6.45) is 4.06. The van der Waals surface area contributed by atoms with Crippen LogP contribution in [-0.4, -0.2) is 23.1 Å². The van der Waals surface area contributed by atoms with Crippen molar-refractivity contribution in [3.05, 3.63) is 33.6 Å². The molecule has 0 bridgehead atoms. The average molecular weight is 421 g/mol. The van der Waals surface area contributed by atoms with E-state index in [0.29, 0.717) is 10.4 Å². The summed E-state index contributed by atoms with van der Waals surface area (Å²) in [7, 11) is -4.00. The SMILES string of the molecule is Cc1nc(NS(=O)(=O)c2cc(Br)cc(Cl)c2O)cn1CC1CC1. The topological polar surface area (TPSA) is 84.2 Å². The first-order valence-electron chi connectivity index (χ1n) is 7.01. The van der Waals surface area contributed by atoms with Crippen LogP contribution in [0.2, 0.25) is 5.02 Å². The summed E-state index contributed by atoms with van der Waals surface area (Å²) < 4.78 is 29.7. The lowest BCUT2D eigenvalue weighted by Crippen LogP contribution is -2.13. The third kappa shape index (κ3) is 3.64. The molecule has 124 valence electrons. The molecule has 6 nitrogen and oxygen atoms in total. The molecular formula is C14H15BrClN3O3S. The van der Waals surface area contributed by atoms with Crippen LogP contribution in [0.4, 0.5) is 5.82 Å². The first kappa shape index (κ1) is 16.6. The van der Waals surface area contributed by atoms with Crippen molar-refractivity contribution in [2.24, 2.45) is 5.92 Å². The van der Waals surface area contributed by atoms with Crippen LogP contribution in [0.15, 0.2) is 27.7 Å². The van der Waals surface area contributed by atoms with Gasteiger partial charge in [0.1, 0.15) is 10.7 Å². The summed E-state index contributed by atoms with van der Waals surface area (Å²) in [5, 5.41) is 9.88. The van der Waals surface area contributed by atoms with E-state index in [4.69, 9.17) is 11.6 Å². The largest absolute Gasteiger partial charge is 0.505 e. The van der Waals surface area contributed by atoms with Gasteiger partial charge in [0.25, 0.3) is 10.0 Å². The van der Waals surface area contributed by atoms with Crippen LogP contribution in [0, 0.1) is 12.8 Å². The number of aromatic hydroxyl groups is 1. The molecule has 0 unspecified atom stereocenters. The van der Waals surface area contributed by atoms with E-state index in [0.717, 1.165) is 12.4 Å². The van der Waals surface area contributed by atoms with Gasteiger partial charge in [-0.15, -0.1) is 0 Å². The van der Waals surface area contributed by atoms with Crippen molar-refractivity contribution in [3.63, 3.8) is 0 Å². The average Bonchev–Trinajstić information content (AvgIpc) is 3.19. The van der Waals surface area contributed by atoms with Gasteiger partial charge in [0, 0.05) is 17.2 Å². The molecule has 1 aromatic carbocycles. The second-order valence-electron chi connectivity index (χ2n) is 5.61. The molecule has 0 atom stereocenters. The summed E-state index contributed by atoms with van der Waals surface area (Å²) in [6, 6.07) is 2.71. The van der Waals surface area contributed by atoms with Crippen LogP contribution in [0.25, 0.3) is 0 Å². The number of hydrogen-bond acceptors (Lipinski definition) is 4. The second-order valence-corrected chi connectivity index (χ2v) is 8.58. The van der Waals surface area contributed by atoms with Crippen LogP contribution in [0.1, 0.15) is 18.7 Å². The minimum absolute atomic E-state index is 0.0461. The molecule has 1 fully saturated rings. The van der Waals surface area contributed by atoms with Gasteiger partial charge in [-0.25, -0.2) is 13.4 Å². The van der Waals surface area contributed by atoms with E-state index >= 15 is 0 Å². The van der Waals surface area contributed by atoms with E-state index in [1.165, 1.54) is 25.0 Å². The van der Waals surface area contributed by atoms with E-state index in [2.05, 4.69) is 25.6 Å². The summed E-state index contributed by atoms with van der Waals surface area (Å²) in [5.41, 5.74) is 0. The number of nitrogens with zero attached hydrogens (tertiary/aromatic N) is 2. The number of phenols is 1.